The van der Waals surface area contributed by atoms with Gasteiger partial charge in [0.15, 0.2) is 0 Å². The van der Waals surface area contributed by atoms with Gasteiger partial charge in [-0.3, -0.25) is 4.79 Å². The summed E-state index contributed by atoms with van der Waals surface area (Å²) in [6.45, 7) is 6.31. The molecule has 1 fully saturated rings. The second-order valence-corrected chi connectivity index (χ2v) is 5.54. The van der Waals surface area contributed by atoms with E-state index in [9.17, 15) is 4.79 Å². The van der Waals surface area contributed by atoms with Crippen molar-refractivity contribution >= 4 is 11.6 Å². The highest BCUT2D eigenvalue weighted by Gasteiger charge is 2.19. The van der Waals surface area contributed by atoms with Crippen LogP contribution in [0, 0.1) is 5.92 Å². The lowest BCUT2D eigenvalue weighted by molar-refractivity contribution is 0.0936. The summed E-state index contributed by atoms with van der Waals surface area (Å²) in [4.78, 5) is 14.6. The lowest BCUT2D eigenvalue weighted by atomic mass is 9.96. The maximum atomic E-state index is 12.2. The van der Waals surface area contributed by atoms with Crippen molar-refractivity contribution in [1.29, 1.82) is 0 Å². The normalized spacial score (nSPS) is 16.7. The summed E-state index contributed by atoms with van der Waals surface area (Å²) in [5.74, 6) is 1.05. The maximum absolute atomic E-state index is 12.2. The molecule has 116 valence electrons. The van der Waals surface area contributed by atoms with E-state index in [4.69, 9.17) is 10.5 Å². The molecule has 21 heavy (non-hydrogen) atoms. The van der Waals surface area contributed by atoms with E-state index in [0.717, 1.165) is 39.0 Å². The number of amides is 1. The number of ether oxygens (including phenoxy) is 1. The van der Waals surface area contributed by atoms with Gasteiger partial charge in [-0.25, -0.2) is 0 Å². The zero-order valence-corrected chi connectivity index (χ0v) is 12.9. The van der Waals surface area contributed by atoms with Crippen molar-refractivity contribution in [3.63, 3.8) is 0 Å². The number of nitrogens with zero attached hydrogens (tertiary/aromatic N) is 1. The third-order valence-corrected chi connectivity index (χ3v) is 4.20. The lowest BCUT2D eigenvalue weighted by Crippen LogP contribution is -2.38. The van der Waals surface area contributed by atoms with E-state index in [0.29, 0.717) is 22.9 Å². The number of likely N-dealkylation sites (tertiary alicyclic amines) is 1. The number of anilines is 1. The van der Waals surface area contributed by atoms with Gasteiger partial charge in [-0.1, -0.05) is 6.92 Å². The Bertz CT molecular complexity index is 482. The zero-order valence-electron chi connectivity index (χ0n) is 12.9. The molecule has 1 aromatic carbocycles. The van der Waals surface area contributed by atoms with Gasteiger partial charge in [0.05, 0.1) is 12.8 Å². The average Bonchev–Trinajstić information content (AvgIpc) is 2.53. The van der Waals surface area contributed by atoms with Crippen LogP contribution in [0.15, 0.2) is 18.2 Å². The number of benzene rings is 1. The number of methoxy groups -OCH3 is 1. The molecular weight excluding hydrogens is 266 g/mol. The first kappa shape index (κ1) is 15.6. The van der Waals surface area contributed by atoms with E-state index in [-0.39, 0.29) is 5.91 Å². The summed E-state index contributed by atoms with van der Waals surface area (Å²) in [6, 6.07) is 5.12. The Labute approximate surface area is 126 Å². The summed E-state index contributed by atoms with van der Waals surface area (Å²) in [7, 11) is 1.55. The van der Waals surface area contributed by atoms with Crippen molar-refractivity contribution < 1.29 is 9.53 Å². The maximum Gasteiger partial charge on any atom is 0.251 e. The van der Waals surface area contributed by atoms with Crippen LogP contribution in [-0.4, -0.2) is 44.1 Å². The van der Waals surface area contributed by atoms with E-state index in [1.54, 1.807) is 25.3 Å². The van der Waals surface area contributed by atoms with Crippen LogP contribution in [0.4, 0.5) is 5.69 Å². The van der Waals surface area contributed by atoms with E-state index in [2.05, 4.69) is 17.1 Å². The number of rotatable bonds is 5. The Balaban J connectivity index is 1.85. The van der Waals surface area contributed by atoms with Crippen molar-refractivity contribution in [3.8, 4) is 5.75 Å². The molecule has 1 aliphatic rings. The van der Waals surface area contributed by atoms with Crippen molar-refractivity contribution in [3.05, 3.63) is 23.8 Å². The number of hydrogen-bond donors (Lipinski definition) is 2. The van der Waals surface area contributed by atoms with Crippen LogP contribution in [0.2, 0.25) is 0 Å². The lowest BCUT2D eigenvalue weighted by Gasteiger charge is -2.31. The monoisotopic (exact) mass is 291 g/mol. The van der Waals surface area contributed by atoms with Gasteiger partial charge in [-0.05, 0) is 56.6 Å². The summed E-state index contributed by atoms with van der Waals surface area (Å²) >= 11 is 0. The van der Waals surface area contributed by atoms with Crippen LogP contribution < -0.4 is 15.8 Å². The third kappa shape index (κ3) is 4.11. The predicted molar refractivity (Wildman–Crippen MR) is 84.6 cm³/mol. The van der Waals surface area contributed by atoms with Crippen LogP contribution in [0.5, 0.6) is 5.75 Å². The predicted octanol–water partition coefficient (Wildman–Crippen LogP) is 1.74. The molecule has 5 nitrogen and oxygen atoms in total. The van der Waals surface area contributed by atoms with Crippen LogP contribution in [0.3, 0.4) is 0 Å². The number of hydrogen-bond acceptors (Lipinski definition) is 4. The molecule has 0 spiro atoms. The smallest absolute Gasteiger partial charge is 0.251 e. The Morgan fingerprint density at radius 3 is 2.76 bits per heavy atom. The highest BCUT2D eigenvalue weighted by Crippen LogP contribution is 2.22. The molecule has 1 aromatic rings. The van der Waals surface area contributed by atoms with Gasteiger partial charge in [0, 0.05) is 12.1 Å². The van der Waals surface area contributed by atoms with Crippen molar-refractivity contribution in [2.75, 3.05) is 39.0 Å². The van der Waals surface area contributed by atoms with Crippen molar-refractivity contribution in [1.82, 2.24) is 10.2 Å². The van der Waals surface area contributed by atoms with Gasteiger partial charge in [-0.15, -0.1) is 0 Å². The fourth-order valence-electron chi connectivity index (χ4n) is 2.70. The number of carbonyl (C=O) groups is 1. The van der Waals surface area contributed by atoms with E-state index in [1.807, 2.05) is 0 Å². The van der Waals surface area contributed by atoms with Gasteiger partial charge in [0.2, 0.25) is 0 Å². The molecule has 1 aliphatic heterocycles. The zero-order chi connectivity index (χ0) is 15.2. The van der Waals surface area contributed by atoms with Crippen LogP contribution in [0.1, 0.15) is 30.1 Å². The number of carbonyl (C=O) groups excluding carboxylic acids is 1. The molecule has 0 atom stereocenters. The SMILES string of the molecule is CCN1CCC(CNC(=O)c2ccc(N)c(OC)c2)CC1. The standard InChI is InChI=1S/C16H25N3O2/c1-3-19-8-6-12(7-9-19)11-18-16(20)13-4-5-14(17)15(10-13)21-2/h4-5,10,12H,3,6-9,11,17H2,1-2H3,(H,18,20). The first-order valence-electron chi connectivity index (χ1n) is 7.58. The first-order chi connectivity index (χ1) is 10.1. The van der Waals surface area contributed by atoms with Gasteiger partial charge in [0.1, 0.15) is 5.75 Å². The Kier molecular flexibility index (Phi) is 5.44. The van der Waals surface area contributed by atoms with E-state index < -0.39 is 0 Å². The Morgan fingerprint density at radius 1 is 1.43 bits per heavy atom. The van der Waals surface area contributed by atoms with Crippen molar-refractivity contribution in [2.45, 2.75) is 19.8 Å². The number of piperidine rings is 1. The summed E-state index contributed by atoms with van der Waals surface area (Å²) in [5.41, 5.74) is 6.89. The molecule has 0 aliphatic carbocycles. The minimum atomic E-state index is -0.0637. The Morgan fingerprint density at radius 2 is 2.14 bits per heavy atom. The van der Waals surface area contributed by atoms with Crippen LogP contribution >= 0.6 is 0 Å². The topological polar surface area (TPSA) is 67.6 Å². The molecule has 0 saturated carbocycles. The quantitative estimate of drug-likeness (QED) is 0.811. The number of nitrogen functional groups attached to an aromatic ring is 1. The fourth-order valence-corrected chi connectivity index (χ4v) is 2.70. The molecule has 0 bridgehead atoms. The Hall–Kier alpha value is -1.75. The molecule has 0 radical (unpaired) electrons. The molecule has 0 aromatic heterocycles. The molecule has 5 heteroatoms. The first-order valence-corrected chi connectivity index (χ1v) is 7.58. The number of nitrogens with one attached hydrogen (secondary N) is 1. The van der Waals surface area contributed by atoms with Crippen LogP contribution in [-0.2, 0) is 0 Å². The highest BCUT2D eigenvalue weighted by molar-refractivity contribution is 5.95. The molecule has 1 heterocycles. The summed E-state index contributed by atoms with van der Waals surface area (Å²) in [5, 5.41) is 3.02. The third-order valence-electron chi connectivity index (χ3n) is 4.20. The molecule has 1 saturated heterocycles. The van der Waals surface area contributed by atoms with Gasteiger partial charge in [-0.2, -0.15) is 0 Å². The van der Waals surface area contributed by atoms with Gasteiger partial charge < -0.3 is 20.7 Å². The molecular formula is C16H25N3O2. The molecule has 1 amide bonds. The largest absolute Gasteiger partial charge is 0.495 e. The summed E-state index contributed by atoms with van der Waals surface area (Å²) in [6.07, 6.45) is 2.30. The van der Waals surface area contributed by atoms with Crippen LogP contribution in [0.25, 0.3) is 0 Å². The molecule has 0 unspecified atom stereocenters. The summed E-state index contributed by atoms with van der Waals surface area (Å²) < 4.78 is 5.14. The van der Waals surface area contributed by atoms with Gasteiger partial charge in [0.25, 0.3) is 5.91 Å². The molecule has 3 N–H and O–H groups in total. The van der Waals surface area contributed by atoms with E-state index >= 15 is 0 Å². The number of nitrogens with two attached hydrogens (primary N) is 1. The second kappa shape index (κ2) is 7.31. The molecule has 2 rings (SSSR count). The highest BCUT2D eigenvalue weighted by atomic mass is 16.5. The van der Waals surface area contributed by atoms with Gasteiger partial charge >= 0.3 is 0 Å². The second-order valence-electron chi connectivity index (χ2n) is 5.54. The van der Waals surface area contributed by atoms with E-state index in [1.165, 1.54) is 0 Å². The minimum absolute atomic E-state index is 0.0637. The fraction of sp³-hybridized carbons (Fsp3) is 0.562. The minimum Gasteiger partial charge on any atom is -0.495 e. The average molecular weight is 291 g/mol. The van der Waals surface area contributed by atoms with Crippen molar-refractivity contribution in [2.24, 2.45) is 5.92 Å².